The molecule has 0 amide bonds. The Hall–Kier alpha value is -0.830. The van der Waals surface area contributed by atoms with E-state index in [1.807, 2.05) is 14.0 Å². The lowest BCUT2D eigenvalue weighted by atomic mass is 9.84. The molecule has 0 N–H and O–H groups in total. The maximum Gasteiger partial charge on any atom is 0.139 e. The summed E-state index contributed by atoms with van der Waals surface area (Å²) in [5, 5.41) is 4.92. The van der Waals surface area contributed by atoms with E-state index >= 15 is 0 Å². The SMILES string of the molecule is Cc1nn(C)c(CC(=O)CC2CC3CCC2C3)c1Cl. The van der Waals surface area contributed by atoms with Gasteiger partial charge in [0.15, 0.2) is 0 Å². The van der Waals surface area contributed by atoms with E-state index in [2.05, 4.69) is 5.10 Å². The van der Waals surface area contributed by atoms with Gasteiger partial charge in [-0.15, -0.1) is 0 Å². The first-order chi connectivity index (χ1) is 9.04. The second-order valence-corrected chi connectivity index (χ2v) is 6.70. The Morgan fingerprint density at radius 2 is 2.21 bits per heavy atom. The number of carbonyl (C=O) groups is 1. The molecule has 19 heavy (non-hydrogen) atoms. The molecule has 3 nitrogen and oxygen atoms in total. The zero-order chi connectivity index (χ0) is 13.6. The highest BCUT2D eigenvalue weighted by Gasteiger charge is 2.40. The minimum Gasteiger partial charge on any atom is -0.299 e. The molecule has 1 aromatic rings. The van der Waals surface area contributed by atoms with Crippen LogP contribution in [0.1, 0.15) is 43.5 Å². The predicted molar refractivity (Wildman–Crippen MR) is 75.2 cm³/mol. The summed E-state index contributed by atoms with van der Waals surface area (Å²) >= 11 is 6.20. The van der Waals surface area contributed by atoms with Gasteiger partial charge in [0, 0.05) is 19.9 Å². The van der Waals surface area contributed by atoms with Crippen molar-refractivity contribution < 1.29 is 4.79 Å². The zero-order valence-electron chi connectivity index (χ0n) is 11.7. The molecular formula is C15H21ClN2O. The molecule has 2 aliphatic carbocycles. The smallest absolute Gasteiger partial charge is 0.139 e. The molecule has 0 aliphatic heterocycles. The van der Waals surface area contributed by atoms with Crippen LogP contribution in [0.4, 0.5) is 0 Å². The molecule has 2 saturated carbocycles. The van der Waals surface area contributed by atoms with Gasteiger partial charge in [-0.05, 0) is 43.9 Å². The van der Waals surface area contributed by atoms with Crippen molar-refractivity contribution in [3.05, 3.63) is 16.4 Å². The minimum absolute atomic E-state index is 0.322. The van der Waals surface area contributed by atoms with E-state index in [0.29, 0.717) is 23.1 Å². The second-order valence-electron chi connectivity index (χ2n) is 6.32. The van der Waals surface area contributed by atoms with Gasteiger partial charge in [-0.3, -0.25) is 9.48 Å². The summed E-state index contributed by atoms with van der Waals surface area (Å²) in [6.07, 6.45) is 6.54. The van der Waals surface area contributed by atoms with Gasteiger partial charge in [0.2, 0.25) is 0 Å². The Morgan fingerprint density at radius 1 is 1.42 bits per heavy atom. The molecule has 104 valence electrons. The molecule has 2 bridgehead atoms. The molecule has 3 rings (SSSR count). The molecule has 0 saturated heterocycles. The maximum atomic E-state index is 12.3. The van der Waals surface area contributed by atoms with E-state index in [4.69, 9.17) is 11.6 Å². The maximum absolute atomic E-state index is 12.3. The molecule has 0 radical (unpaired) electrons. The standard InChI is InChI=1S/C15H21ClN2O/c1-9-15(16)14(18(2)17-9)8-13(19)7-12-6-10-3-4-11(12)5-10/h10-12H,3-8H2,1-2H3. The van der Waals surface area contributed by atoms with E-state index in [1.165, 1.54) is 25.7 Å². The van der Waals surface area contributed by atoms with Crippen molar-refractivity contribution in [2.45, 2.75) is 45.4 Å². The Morgan fingerprint density at radius 3 is 2.74 bits per heavy atom. The summed E-state index contributed by atoms with van der Waals surface area (Å²) in [7, 11) is 1.86. The summed E-state index contributed by atoms with van der Waals surface area (Å²) in [5.74, 6) is 2.69. The number of rotatable bonds is 4. The molecule has 2 fully saturated rings. The molecule has 3 unspecified atom stereocenters. The van der Waals surface area contributed by atoms with Gasteiger partial charge in [-0.1, -0.05) is 18.0 Å². The first-order valence-corrected chi connectivity index (χ1v) is 7.62. The molecule has 2 aliphatic rings. The van der Waals surface area contributed by atoms with Crippen LogP contribution in [0.25, 0.3) is 0 Å². The molecular weight excluding hydrogens is 260 g/mol. The quantitative estimate of drug-likeness (QED) is 0.848. The van der Waals surface area contributed by atoms with Crippen molar-refractivity contribution >= 4 is 17.4 Å². The molecule has 1 heterocycles. The number of hydrogen-bond donors (Lipinski definition) is 0. The Kier molecular flexibility index (Phi) is 3.42. The van der Waals surface area contributed by atoms with Crippen LogP contribution in [0.2, 0.25) is 5.02 Å². The Labute approximate surface area is 119 Å². The van der Waals surface area contributed by atoms with E-state index < -0.39 is 0 Å². The third-order valence-corrected chi connectivity index (χ3v) is 5.49. The lowest BCUT2D eigenvalue weighted by Crippen LogP contribution is -2.17. The number of Topliss-reactive ketones (excluding diaryl/α,β-unsaturated/α-hetero) is 1. The van der Waals surface area contributed by atoms with Gasteiger partial charge in [-0.25, -0.2) is 0 Å². The number of carbonyl (C=O) groups excluding carboxylic acids is 1. The van der Waals surface area contributed by atoms with Crippen LogP contribution < -0.4 is 0 Å². The molecule has 4 heteroatoms. The van der Waals surface area contributed by atoms with Gasteiger partial charge in [0.1, 0.15) is 5.78 Å². The number of hydrogen-bond acceptors (Lipinski definition) is 2. The van der Waals surface area contributed by atoms with Gasteiger partial charge in [0.25, 0.3) is 0 Å². The third kappa shape index (κ3) is 2.45. The van der Waals surface area contributed by atoms with Crippen LogP contribution in [-0.4, -0.2) is 15.6 Å². The monoisotopic (exact) mass is 280 g/mol. The zero-order valence-corrected chi connectivity index (χ0v) is 12.4. The van der Waals surface area contributed by atoms with Gasteiger partial charge < -0.3 is 0 Å². The first kappa shape index (κ1) is 13.2. The van der Waals surface area contributed by atoms with Crippen LogP contribution in [0.15, 0.2) is 0 Å². The second kappa shape index (κ2) is 4.93. The first-order valence-electron chi connectivity index (χ1n) is 7.24. The van der Waals surface area contributed by atoms with Gasteiger partial charge in [-0.2, -0.15) is 5.10 Å². The minimum atomic E-state index is 0.322. The fourth-order valence-corrected chi connectivity index (χ4v) is 4.28. The van der Waals surface area contributed by atoms with E-state index in [-0.39, 0.29) is 0 Å². The van der Waals surface area contributed by atoms with Crippen LogP contribution in [0.5, 0.6) is 0 Å². The highest BCUT2D eigenvalue weighted by molar-refractivity contribution is 6.32. The molecule has 0 spiro atoms. The summed E-state index contributed by atoms with van der Waals surface area (Å²) in [4.78, 5) is 12.3. The lowest BCUT2D eigenvalue weighted by molar-refractivity contribution is -0.119. The van der Waals surface area contributed by atoms with Gasteiger partial charge in [0.05, 0.1) is 16.4 Å². The number of ketones is 1. The van der Waals surface area contributed by atoms with Gasteiger partial charge >= 0.3 is 0 Å². The predicted octanol–water partition coefficient (Wildman–Crippen LogP) is 3.32. The van der Waals surface area contributed by atoms with E-state index in [1.54, 1.807) is 4.68 Å². The number of nitrogens with zero attached hydrogens (tertiary/aromatic N) is 2. The molecule has 1 aromatic heterocycles. The van der Waals surface area contributed by atoms with Crippen molar-refractivity contribution in [1.82, 2.24) is 9.78 Å². The summed E-state index contributed by atoms with van der Waals surface area (Å²) in [6, 6.07) is 0. The van der Waals surface area contributed by atoms with Crippen molar-refractivity contribution in [2.24, 2.45) is 24.8 Å². The fourth-order valence-electron chi connectivity index (χ4n) is 4.05. The Balaban J connectivity index is 1.62. The molecule has 0 aromatic carbocycles. The number of halogens is 1. The fraction of sp³-hybridized carbons (Fsp3) is 0.733. The highest BCUT2D eigenvalue weighted by Crippen LogP contribution is 2.49. The number of fused-ring (bicyclic) bond motifs is 2. The number of aryl methyl sites for hydroxylation is 2. The third-order valence-electron chi connectivity index (χ3n) is 5.00. The largest absolute Gasteiger partial charge is 0.299 e. The van der Waals surface area contributed by atoms with Crippen LogP contribution in [-0.2, 0) is 18.3 Å². The van der Waals surface area contributed by atoms with Crippen LogP contribution >= 0.6 is 11.6 Å². The topological polar surface area (TPSA) is 34.9 Å². The van der Waals surface area contributed by atoms with Crippen molar-refractivity contribution in [2.75, 3.05) is 0 Å². The summed E-state index contributed by atoms with van der Waals surface area (Å²) in [6.45, 7) is 1.88. The lowest BCUT2D eigenvalue weighted by Gasteiger charge is -2.20. The highest BCUT2D eigenvalue weighted by atomic mass is 35.5. The average Bonchev–Trinajstić information content (AvgIpc) is 3.01. The van der Waals surface area contributed by atoms with Crippen molar-refractivity contribution in [3.63, 3.8) is 0 Å². The summed E-state index contributed by atoms with van der Waals surface area (Å²) in [5.41, 5.74) is 1.68. The number of aromatic nitrogens is 2. The van der Waals surface area contributed by atoms with Crippen LogP contribution in [0.3, 0.4) is 0 Å². The van der Waals surface area contributed by atoms with Crippen LogP contribution in [0, 0.1) is 24.7 Å². The Bertz CT molecular complexity index is 508. The normalized spacial score (nSPS) is 29.1. The van der Waals surface area contributed by atoms with Crippen molar-refractivity contribution in [3.8, 4) is 0 Å². The van der Waals surface area contributed by atoms with Crippen molar-refractivity contribution in [1.29, 1.82) is 0 Å². The molecule has 3 atom stereocenters. The summed E-state index contributed by atoms with van der Waals surface area (Å²) < 4.78 is 1.75. The van der Waals surface area contributed by atoms with E-state index in [9.17, 15) is 4.79 Å². The average molecular weight is 281 g/mol. The van der Waals surface area contributed by atoms with E-state index in [0.717, 1.165) is 29.6 Å².